The van der Waals surface area contributed by atoms with Crippen molar-refractivity contribution in [1.29, 1.82) is 0 Å². The lowest BCUT2D eigenvalue weighted by atomic mass is 10.1. The lowest BCUT2D eigenvalue weighted by Gasteiger charge is -2.24. The van der Waals surface area contributed by atoms with Gasteiger partial charge in [-0.25, -0.2) is 4.79 Å². The molecule has 1 fully saturated rings. The molecule has 0 aromatic carbocycles. The predicted molar refractivity (Wildman–Crippen MR) is 63.5 cm³/mol. The Hall–Kier alpha value is -0.360. The summed E-state index contributed by atoms with van der Waals surface area (Å²) < 4.78 is 0. The van der Waals surface area contributed by atoms with Gasteiger partial charge in [-0.15, -0.1) is 0 Å². The van der Waals surface area contributed by atoms with Crippen molar-refractivity contribution >= 4 is 37.1 Å². The first-order chi connectivity index (χ1) is 6.97. The summed E-state index contributed by atoms with van der Waals surface area (Å²) in [6.45, 7) is 2.16. The molecular weight excluding hydrogens is 234 g/mol. The van der Waals surface area contributed by atoms with Gasteiger partial charge in [0.1, 0.15) is 6.04 Å². The number of likely N-dealkylation sites (tertiary alicyclic amines) is 1. The summed E-state index contributed by atoms with van der Waals surface area (Å²) in [5, 5.41) is 8.92. The van der Waals surface area contributed by atoms with E-state index in [-0.39, 0.29) is 17.1 Å². The smallest absolute Gasteiger partial charge is 0.326 e. The quantitative estimate of drug-likeness (QED) is 0.640. The van der Waals surface area contributed by atoms with Crippen molar-refractivity contribution in [2.24, 2.45) is 5.92 Å². The molecule has 1 aliphatic heterocycles. The van der Waals surface area contributed by atoms with Crippen molar-refractivity contribution in [2.75, 3.05) is 12.3 Å². The van der Waals surface area contributed by atoms with Gasteiger partial charge < -0.3 is 10.0 Å². The number of thiol groups is 2. The molecule has 0 aliphatic carbocycles. The van der Waals surface area contributed by atoms with Crippen LogP contribution in [0.25, 0.3) is 0 Å². The first-order valence-corrected chi connectivity index (χ1v) is 5.94. The maximum absolute atomic E-state index is 11.8. The third-order valence-electron chi connectivity index (χ3n) is 2.54. The number of rotatable bonds is 3. The molecule has 0 bridgehead atoms. The highest BCUT2D eigenvalue weighted by atomic mass is 32.1. The summed E-state index contributed by atoms with van der Waals surface area (Å²) in [5.74, 6) is -0.909. The Bertz CT molecular complexity index is 272. The highest BCUT2D eigenvalue weighted by Gasteiger charge is 2.39. The van der Waals surface area contributed by atoms with Crippen LogP contribution in [0.1, 0.15) is 13.3 Å². The topological polar surface area (TPSA) is 57.6 Å². The van der Waals surface area contributed by atoms with Crippen LogP contribution in [-0.2, 0) is 9.59 Å². The summed E-state index contributed by atoms with van der Waals surface area (Å²) in [6.07, 6.45) is 0.420. The molecule has 1 saturated heterocycles. The van der Waals surface area contributed by atoms with E-state index in [1.165, 1.54) is 4.90 Å². The molecule has 86 valence electrons. The Balaban J connectivity index is 2.75. The van der Waals surface area contributed by atoms with Gasteiger partial charge in [-0.1, -0.05) is 6.92 Å². The first kappa shape index (κ1) is 12.7. The molecule has 1 rings (SSSR count). The van der Waals surface area contributed by atoms with Gasteiger partial charge in [0.25, 0.3) is 0 Å². The van der Waals surface area contributed by atoms with Crippen LogP contribution in [0.15, 0.2) is 0 Å². The SMILES string of the molecule is CC(CS)C(=O)N1C[C@@H](S)C[C@H]1C(=O)O. The maximum atomic E-state index is 11.8. The second-order valence-electron chi connectivity index (χ2n) is 3.82. The van der Waals surface area contributed by atoms with E-state index < -0.39 is 12.0 Å². The molecule has 0 spiro atoms. The monoisotopic (exact) mass is 249 g/mol. The number of hydrogen-bond acceptors (Lipinski definition) is 4. The van der Waals surface area contributed by atoms with E-state index in [9.17, 15) is 9.59 Å². The molecule has 1 unspecified atom stereocenters. The summed E-state index contributed by atoms with van der Waals surface area (Å²) in [7, 11) is 0. The van der Waals surface area contributed by atoms with Gasteiger partial charge >= 0.3 is 5.97 Å². The molecule has 1 aliphatic rings. The number of amides is 1. The predicted octanol–water partition coefficient (Wildman–Crippen LogP) is 0.536. The van der Waals surface area contributed by atoms with Crippen LogP contribution in [0.2, 0.25) is 0 Å². The Morgan fingerprint density at radius 3 is 2.67 bits per heavy atom. The molecule has 0 aromatic rings. The molecule has 1 N–H and O–H groups in total. The van der Waals surface area contributed by atoms with Gasteiger partial charge in [-0.2, -0.15) is 25.3 Å². The zero-order valence-corrected chi connectivity index (χ0v) is 10.2. The molecule has 3 atom stereocenters. The van der Waals surface area contributed by atoms with Crippen molar-refractivity contribution in [3.8, 4) is 0 Å². The first-order valence-electron chi connectivity index (χ1n) is 4.79. The number of carbonyl (C=O) groups is 2. The molecule has 1 heterocycles. The molecule has 0 aromatic heterocycles. The molecule has 0 saturated carbocycles. The number of carbonyl (C=O) groups excluding carboxylic acids is 1. The van der Waals surface area contributed by atoms with Gasteiger partial charge in [0, 0.05) is 23.5 Å². The van der Waals surface area contributed by atoms with Crippen LogP contribution in [-0.4, -0.2) is 45.5 Å². The lowest BCUT2D eigenvalue weighted by Crippen LogP contribution is -2.43. The van der Waals surface area contributed by atoms with Crippen molar-refractivity contribution in [3.63, 3.8) is 0 Å². The standard InChI is InChI=1S/C9H15NO3S2/c1-5(4-14)8(11)10-3-6(15)2-7(10)9(12)13/h5-7,14-15H,2-4H2,1H3,(H,12,13)/t5?,6-,7-/m0/s1. The fraction of sp³-hybridized carbons (Fsp3) is 0.778. The zero-order valence-electron chi connectivity index (χ0n) is 8.46. The van der Waals surface area contributed by atoms with E-state index in [0.29, 0.717) is 18.7 Å². The minimum atomic E-state index is -0.953. The molecule has 4 nitrogen and oxygen atoms in total. The number of nitrogens with zero attached hydrogens (tertiary/aromatic N) is 1. The summed E-state index contributed by atoms with van der Waals surface area (Å²) in [6, 6.07) is -0.720. The Kier molecular flexibility index (Phi) is 4.33. The number of carboxylic acid groups (broad SMARTS) is 1. The molecule has 15 heavy (non-hydrogen) atoms. The van der Waals surface area contributed by atoms with Gasteiger partial charge in [-0.3, -0.25) is 4.79 Å². The van der Waals surface area contributed by atoms with Crippen molar-refractivity contribution in [3.05, 3.63) is 0 Å². The average molecular weight is 249 g/mol. The summed E-state index contributed by atoms with van der Waals surface area (Å²) in [4.78, 5) is 24.1. The van der Waals surface area contributed by atoms with E-state index in [1.807, 2.05) is 0 Å². The second-order valence-corrected chi connectivity index (χ2v) is 4.91. The number of aliphatic carboxylic acids is 1. The van der Waals surface area contributed by atoms with Crippen molar-refractivity contribution in [1.82, 2.24) is 4.90 Å². The van der Waals surface area contributed by atoms with Crippen LogP contribution in [0.3, 0.4) is 0 Å². The van der Waals surface area contributed by atoms with E-state index in [1.54, 1.807) is 6.92 Å². The zero-order chi connectivity index (χ0) is 11.6. The number of hydrogen-bond donors (Lipinski definition) is 3. The highest BCUT2D eigenvalue weighted by Crippen LogP contribution is 2.24. The largest absolute Gasteiger partial charge is 0.480 e. The molecular formula is C9H15NO3S2. The Labute approximate surface area is 99.8 Å². The average Bonchev–Trinajstić information content (AvgIpc) is 2.58. The van der Waals surface area contributed by atoms with E-state index >= 15 is 0 Å². The third-order valence-corrected chi connectivity index (χ3v) is 3.46. The summed E-state index contributed by atoms with van der Waals surface area (Å²) in [5.41, 5.74) is 0. The molecule has 0 radical (unpaired) electrons. The second kappa shape index (κ2) is 5.12. The third kappa shape index (κ3) is 2.81. The van der Waals surface area contributed by atoms with Crippen LogP contribution in [0.5, 0.6) is 0 Å². The molecule has 1 amide bonds. The maximum Gasteiger partial charge on any atom is 0.326 e. The summed E-state index contributed by atoms with van der Waals surface area (Å²) >= 11 is 8.26. The van der Waals surface area contributed by atoms with E-state index in [2.05, 4.69) is 25.3 Å². The fourth-order valence-electron chi connectivity index (χ4n) is 1.65. The van der Waals surface area contributed by atoms with Crippen LogP contribution >= 0.6 is 25.3 Å². The van der Waals surface area contributed by atoms with Gasteiger partial charge in [0.15, 0.2) is 0 Å². The van der Waals surface area contributed by atoms with Gasteiger partial charge in [0.05, 0.1) is 0 Å². The number of carboxylic acids is 1. The Morgan fingerprint density at radius 1 is 1.60 bits per heavy atom. The van der Waals surface area contributed by atoms with Crippen molar-refractivity contribution in [2.45, 2.75) is 24.6 Å². The fourth-order valence-corrected chi connectivity index (χ4v) is 2.18. The minimum absolute atomic E-state index is 0.0397. The Morgan fingerprint density at radius 2 is 2.20 bits per heavy atom. The normalized spacial score (nSPS) is 27.8. The van der Waals surface area contributed by atoms with Crippen molar-refractivity contribution < 1.29 is 14.7 Å². The van der Waals surface area contributed by atoms with Gasteiger partial charge in [0.2, 0.25) is 5.91 Å². The highest BCUT2D eigenvalue weighted by molar-refractivity contribution is 7.81. The minimum Gasteiger partial charge on any atom is -0.480 e. The molecule has 6 heteroatoms. The van der Waals surface area contributed by atoms with Gasteiger partial charge in [-0.05, 0) is 6.42 Å². The van der Waals surface area contributed by atoms with Crippen LogP contribution in [0.4, 0.5) is 0 Å². The lowest BCUT2D eigenvalue weighted by molar-refractivity contribution is -0.149. The van der Waals surface area contributed by atoms with E-state index in [0.717, 1.165) is 0 Å². The van der Waals surface area contributed by atoms with E-state index in [4.69, 9.17) is 5.11 Å². The van der Waals surface area contributed by atoms with Crippen LogP contribution in [0, 0.1) is 5.92 Å². The van der Waals surface area contributed by atoms with Crippen LogP contribution < -0.4 is 0 Å².